The summed E-state index contributed by atoms with van der Waals surface area (Å²) >= 11 is 0. The van der Waals surface area contributed by atoms with Crippen LogP contribution in [0.1, 0.15) is 96.8 Å². The summed E-state index contributed by atoms with van der Waals surface area (Å²) in [7, 11) is 1.53. The predicted molar refractivity (Wildman–Crippen MR) is 104 cm³/mol. The van der Waals surface area contributed by atoms with Gasteiger partial charge in [-0.15, -0.1) is 0 Å². The van der Waals surface area contributed by atoms with Crippen molar-refractivity contribution in [3.63, 3.8) is 0 Å². The van der Waals surface area contributed by atoms with Crippen molar-refractivity contribution in [2.75, 3.05) is 26.9 Å². The number of aliphatic hydroxyl groups excluding tert-OH is 1. The number of methoxy groups -OCH3 is 1. The fourth-order valence-corrected chi connectivity index (χ4v) is 2.91. The van der Waals surface area contributed by atoms with E-state index in [1.165, 1.54) is 77.7 Å². The Morgan fingerprint density at radius 2 is 1.32 bits per heavy atom. The van der Waals surface area contributed by atoms with Gasteiger partial charge in [0.15, 0.2) is 5.78 Å². The summed E-state index contributed by atoms with van der Waals surface area (Å²) in [4.78, 5) is 11.7. The highest BCUT2D eigenvalue weighted by Crippen LogP contribution is 2.13. The summed E-state index contributed by atoms with van der Waals surface area (Å²) in [6, 6.07) is 0. The highest BCUT2D eigenvalue weighted by molar-refractivity contribution is 5.79. The zero-order valence-corrected chi connectivity index (χ0v) is 16.8. The van der Waals surface area contributed by atoms with Gasteiger partial charge in [0, 0.05) is 13.5 Å². The van der Waals surface area contributed by atoms with Gasteiger partial charge in [-0.1, -0.05) is 84.0 Å². The number of aliphatic hydroxyl groups is 1. The van der Waals surface area contributed by atoms with E-state index in [1.807, 2.05) is 0 Å². The summed E-state index contributed by atoms with van der Waals surface area (Å²) in [5.41, 5.74) is 0. The fourth-order valence-electron chi connectivity index (χ4n) is 2.91. The molecule has 4 heteroatoms. The van der Waals surface area contributed by atoms with Crippen LogP contribution in [0.4, 0.5) is 0 Å². The summed E-state index contributed by atoms with van der Waals surface area (Å²) in [5, 5.41) is 8.94. The van der Waals surface area contributed by atoms with E-state index in [9.17, 15) is 4.79 Å². The quantitative estimate of drug-likeness (QED) is 0.309. The van der Waals surface area contributed by atoms with Crippen LogP contribution in [0, 0.1) is 0 Å². The first kappa shape index (κ1) is 24.6. The van der Waals surface area contributed by atoms with Gasteiger partial charge in [0.05, 0.1) is 13.2 Å². The van der Waals surface area contributed by atoms with E-state index < -0.39 is 0 Å². The minimum atomic E-state index is -0.329. The molecule has 0 aromatic carbocycles. The minimum absolute atomic E-state index is 0.0798. The molecule has 0 amide bonds. The van der Waals surface area contributed by atoms with Crippen LogP contribution in [-0.2, 0) is 14.3 Å². The smallest absolute Gasteiger partial charge is 0.158 e. The molecule has 25 heavy (non-hydrogen) atoms. The number of carbonyl (C=O) groups is 1. The Morgan fingerprint density at radius 1 is 0.840 bits per heavy atom. The van der Waals surface area contributed by atoms with Crippen molar-refractivity contribution >= 4 is 5.78 Å². The number of ketones is 1. The van der Waals surface area contributed by atoms with Crippen molar-refractivity contribution in [2.45, 2.75) is 103 Å². The van der Waals surface area contributed by atoms with Crippen LogP contribution < -0.4 is 0 Å². The molecule has 1 unspecified atom stereocenters. The lowest BCUT2D eigenvalue weighted by molar-refractivity contribution is -0.125. The molecule has 0 aliphatic heterocycles. The van der Waals surface area contributed by atoms with E-state index in [4.69, 9.17) is 14.6 Å². The first-order valence-corrected chi connectivity index (χ1v) is 10.5. The zero-order valence-electron chi connectivity index (χ0n) is 16.8. The molecule has 4 nitrogen and oxygen atoms in total. The number of rotatable bonds is 20. The van der Waals surface area contributed by atoms with Gasteiger partial charge in [-0.05, 0) is 6.42 Å². The van der Waals surface area contributed by atoms with E-state index >= 15 is 0 Å². The number of carbonyl (C=O) groups excluding carboxylic acids is 1. The lowest BCUT2D eigenvalue weighted by Crippen LogP contribution is -2.24. The van der Waals surface area contributed by atoms with Crippen molar-refractivity contribution in [3.05, 3.63) is 0 Å². The molecule has 0 aliphatic carbocycles. The van der Waals surface area contributed by atoms with Crippen LogP contribution in [0.15, 0.2) is 0 Å². The lowest BCUT2D eigenvalue weighted by atomic mass is 10.0. The van der Waals surface area contributed by atoms with Crippen LogP contribution >= 0.6 is 0 Å². The molecule has 1 atom stereocenters. The molecule has 0 aromatic rings. The van der Waals surface area contributed by atoms with Gasteiger partial charge in [-0.2, -0.15) is 0 Å². The van der Waals surface area contributed by atoms with Crippen molar-refractivity contribution in [3.8, 4) is 0 Å². The summed E-state index contributed by atoms with van der Waals surface area (Å²) in [6.07, 6.45) is 17.4. The Morgan fingerprint density at radius 3 is 1.76 bits per heavy atom. The average Bonchev–Trinajstić information content (AvgIpc) is 2.62. The Kier molecular flexibility index (Phi) is 19.5. The molecule has 0 rings (SSSR count). The monoisotopic (exact) mass is 358 g/mol. The van der Waals surface area contributed by atoms with Crippen LogP contribution in [0.25, 0.3) is 0 Å². The standard InChI is InChI=1S/C21H42O4/c1-3-4-5-6-7-8-9-10-11-12-13-14-15-16-20(23)18-25-19-21(17-22)24-2/h21-22H,3-19H2,1-2H3. The Labute approximate surface area is 155 Å². The molecule has 0 aromatic heterocycles. The van der Waals surface area contributed by atoms with Crippen LogP contribution in [0.2, 0.25) is 0 Å². The number of ether oxygens (including phenoxy) is 2. The molecule has 0 spiro atoms. The van der Waals surface area contributed by atoms with Crippen molar-refractivity contribution in [1.82, 2.24) is 0 Å². The minimum Gasteiger partial charge on any atom is -0.394 e. The molecule has 0 radical (unpaired) electrons. The molecule has 0 heterocycles. The molecular formula is C21H42O4. The van der Waals surface area contributed by atoms with Crippen molar-refractivity contribution < 1.29 is 19.4 Å². The maximum Gasteiger partial charge on any atom is 0.158 e. The summed E-state index contributed by atoms with van der Waals surface area (Å²) in [6.45, 7) is 2.60. The second-order valence-electron chi connectivity index (χ2n) is 7.09. The average molecular weight is 359 g/mol. The van der Waals surface area contributed by atoms with Gasteiger partial charge >= 0.3 is 0 Å². The fraction of sp³-hybridized carbons (Fsp3) is 0.952. The third-order valence-corrected chi connectivity index (χ3v) is 4.66. The number of Topliss-reactive ketones (excluding diaryl/α,β-unsaturated/α-hetero) is 1. The Bertz CT molecular complexity index is 277. The van der Waals surface area contributed by atoms with Gasteiger partial charge in [0.1, 0.15) is 12.7 Å². The number of hydrogen-bond donors (Lipinski definition) is 1. The molecule has 0 saturated heterocycles. The van der Waals surface area contributed by atoms with Crippen LogP contribution in [-0.4, -0.2) is 43.9 Å². The number of hydrogen-bond acceptors (Lipinski definition) is 4. The second kappa shape index (κ2) is 19.9. The van der Waals surface area contributed by atoms with E-state index in [2.05, 4.69) is 6.92 Å². The maximum atomic E-state index is 11.7. The largest absolute Gasteiger partial charge is 0.394 e. The van der Waals surface area contributed by atoms with E-state index in [-0.39, 0.29) is 31.7 Å². The summed E-state index contributed by atoms with van der Waals surface area (Å²) < 4.78 is 10.2. The molecule has 0 fully saturated rings. The highest BCUT2D eigenvalue weighted by atomic mass is 16.5. The third-order valence-electron chi connectivity index (χ3n) is 4.66. The summed E-state index contributed by atoms with van der Waals surface area (Å²) in [5.74, 6) is 0.149. The third kappa shape index (κ3) is 18.1. The van der Waals surface area contributed by atoms with Gasteiger partial charge < -0.3 is 14.6 Å². The van der Waals surface area contributed by atoms with Gasteiger partial charge in [0.2, 0.25) is 0 Å². The molecule has 150 valence electrons. The van der Waals surface area contributed by atoms with Crippen LogP contribution in [0.5, 0.6) is 0 Å². The topological polar surface area (TPSA) is 55.8 Å². The van der Waals surface area contributed by atoms with Gasteiger partial charge in [-0.3, -0.25) is 4.79 Å². The first-order valence-electron chi connectivity index (χ1n) is 10.5. The van der Waals surface area contributed by atoms with Gasteiger partial charge in [0.25, 0.3) is 0 Å². The predicted octanol–water partition coefficient (Wildman–Crippen LogP) is 5.06. The molecule has 1 N–H and O–H groups in total. The van der Waals surface area contributed by atoms with Crippen molar-refractivity contribution in [1.29, 1.82) is 0 Å². The first-order chi connectivity index (χ1) is 12.2. The number of unbranched alkanes of at least 4 members (excludes halogenated alkanes) is 12. The van der Waals surface area contributed by atoms with E-state index in [0.717, 1.165) is 12.8 Å². The van der Waals surface area contributed by atoms with Crippen molar-refractivity contribution in [2.24, 2.45) is 0 Å². The maximum absolute atomic E-state index is 11.7. The van der Waals surface area contributed by atoms with E-state index in [0.29, 0.717) is 6.42 Å². The molecular weight excluding hydrogens is 316 g/mol. The zero-order chi connectivity index (χ0) is 18.6. The highest BCUT2D eigenvalue weighted by Gasteiger charge is 2.07. The van der Waals surface area contributed by atoms with Crippen LogP contribution in [0.3, 0.4) is 0 Å². The molecule has 0 saturated carbocycles. The van der Waals surface area contributed by atoms with Gasteiger partial charge in [-0.25, -0.2) is 0 Å². The Balaban J connectivity index is 3.21. The lowest BCUT2D eigenvalue weighted by Gasteiger charge is -2.11. The SMILES string of the molecule is CCCCCCCCCCCCCCCC(=O)COCC(CO)OC. The second-order valence-corrected chi connectivity index (χ2v) is 7.09. The molecule has 0 bridgehead atoms. The normalized spacial score (nSPS) is 12.4. The Hall–Kier alpha value is -0.450. The molecule has 0 aliphatic rings. The van der Waals surface area contributed by atoms with E-state index in [1.54, 1.807) is 0 Å².